The van der Waals surface area contributed by atoms with E-state index < -0.39 is 0 Å². The lowest BCUT2D eigenvalue weighted by molar-refractivity contribution is -0.113. The average Bonchev–Trinajstić information content (AvgIpc) is 2.88. The molecule has 150 valence electrons. The van der Waals surface area contributed by atoms with Gasteiger partial charge in [-0.3, -0.25) is 4.79 Å². The number of rotatable bonds is 4. The van der Waals surface area contributed by atoms with Crippen molar-refractivity contribution in [2.45, 2.75) is 32.1 Å². The van der Waals surface area contributed by atoms with E-state index in [1.807, 2.05) is 57.2 Å². The summed E-state index contributed by atoms with van der Waals surface area (Å²) in [5, 5.41) is 8.30. The van der Waals surface area contributed by atoms with Gasteiger partial charge in [-0.2, -0.15) is 5.10 Å². The molecule has 0 aliphatic carbocycles. The minimum absolute atomic E-state index is 0.0201. The molecule has 1 aliphatic heterocycles. The van der Waals surface area contributed by atoms with Gasteiger partial charge in [0.25, 0.3) is 0 Å². The lowest BCUT2D eigenvalue weighted by Gasteiger charge is -2.17. The lowest BCUT2D eigenvalue weighted by atomic mass is 10.0. The number of hydrogen-bond acceptors (Lipinski definition) is 4. The van der Waals surface area contributed by atoms with Crippen molar-refractivity contribution in [3.63, 3.8) is 0 Å². The molecule has 1 N–H and O–H groups in total. The third-order valence-corrected chi connectivity index (χ3v) is 6.23. The van der Waals surface area contributed by atoms with Gasteiger partial charge in [0.2, 0.25) is 5.91 Å². The zero-order valence-corrected chi connectivity index (χ0v) is 18.1. The summed E-state index contributed by atoms with van der Waals surface area (Å²) in [5.41, 5.74) is 3.70. The number of para-hydroxylation sites is 1. The standard InChI is InChI=1S/C22H22ClN3O2S/c1-13(2)28-16-10-8-15(9-11-16)21-20-14(3)25-26(18-7-5-4-6-17(18)23)22(20)24-19(27)12-29-21/h4-11,13,21H,12H2,1-3H3,(H,24,27). The van der Waals surface area contributed by atoms with Gasteiger partial charge < -0.3 is 10.1 Å². The van der Waals surface area contributed by atoms with Gasteiger partial charge in [-0.25, -0.2) is 4.68 Å². The Bertz CT molecular complexity index is 1050. The van der Waals surface area contributed by atoms with E-state index in [9.17, 15) is 4.79 Å². The van der Waals surface area contributed by atoms with Crippen molar-refractivity contribution in [2.24, 2.45) is 0 Å². The van der Waals surface area contributed by atoms with Gasteiger partial charge in [0.15, 0.2) is 0 Å². The number of nitrogens with one attached hydrogen (secondary N) is 1. The first kappa shape index (κ1) is 19.9. The van der Waals surface area contributed by atoms with Crippen LogP contribution in [0, 0.1) is 6.92 Å². The van der Waals surface area contributed by atoms with Gasteiger partial charge in [0, 0.05) is 5.56 Å². The number of benzene rings is 2. The minimum Gasteiger partial charge on any atom is -0.491 e. The summed E-state index contributed by atoms with van der Waals surface area (Å²) in [6, 6.07) is 15.6. The summed E-state index contributed by atoms with van der Waals surface area (Å²) in [6.07, 6.45) is 0.123. The molecule has 2 aromatic carbocycles. The predicted molar refractivity (Wildman–Crippen MR) is 118 cm³/mol. The molecule has 1 atom stereocenters. The summed E-state index contributed by atoms with van der Waals surface area (Å²) < 4.78 is 7.50. The molecule has 0 spiro atoms. The van der Waals surface area contributed by atoms with Gasteiger partial charge >= 0.3 is 0 Å². The fraction of sp³-hybridized carbons (Fsp3) is 0.273. The van der Waals surface area contributed by atoms with Crippen LogP contribution in [0.4, 0.5) is 5.82 Å². The molecule has 0 radical (unpaired) electrons. The van der Waals surface area contributed by atoms with Gasteiger partial charge in [0.1, 0.15) is 11.6 Å². The number of ether oxygens (including phenoxy) is 1. The van der Waals surface area contributed by atoms with Crippen LogP contribution in [0.2, 0.25) is 5.02 Å². The summed E-state index contributed by atoms with van der Waals surface area (Å²) >= 11 is 8.00. The summed E-state index contributed by atoms with van der Waals surface area (Å²) in [4.78, 5) is 12.4. The van der Waals surface area contributed by atoms with E-state index in [4.69, 9.17) is 21.4 Å². The highest BCUT2D eigenvalue weighted by molar-refractivity contribution is 8.00. The fourth-order valence-corrected chi connectivity index (χ4v) is 4.84. The van der Waals surface area contributed by atoms with Crippen molar-refractivity contribution in [3.05, 3.63) is 70.4 Å². The van der Waals surface area contributed by atoms with Gasteiger partial charge in [-0.05, 0) is 50.6 Å². The molecule has 0 bridgehead atoms. The molecule has 0 saturated carbocycles. The minimum atomic E-state index is -0.0493. The van der Waals surface area contributed by atoms with E-state index >= 15 is 0 Å². The van der Waals surface area contributed by atoms with E-state index in [-0.39, 0.29) is 17.3 Å². The molecule has 1 aliphatic rings. The number of thioether (sulfide) groups is 1. The summed E-state index contributed by atoms with van der Waals surface area (Å²) in [6.45, 7) is 5.98. The number of carbonyl (C=O) groups excluding carboxylic acids is 1. The van der Waals surface area contributed by atoms with Crippen LogP contribution in [-0.2, 0) is 4.79 Å². The highest BCUT2D eigenvalue weighted by atomic mass is 35.5. The molecule has 2 heterocycles. The normalized spacial score (nSPS) is 16.3. The smallest absolute Gasteiger partial charge is 0.235 e. The van der Waals surface area contributed by atoms with E-state index in [0.29, 0.717) is 16.6 Å². The Morgan fingerprint density at radius 3 is 2.62 bits per heavy atom. The molecule has 1 amide bonds. The summed E-state index contributed by atoms with van der Waals surface area (Å²) in [5.74, 6) is 1.83. The number of aryl methyl sites for hydroxylation is 1. The van der Waals surface area contributed by atoms with Gasteiger partial charge in [-0.15, -0.1) is 11.8 Å². The molecule has 0 saturated heterocycles. The number of halogens is 1. The van der Waals surface area contributed by atoms with Gasteiger partial charge in [-0.1, -0.05) is 35.9 Å². The van der Waals surface area contributed by atoms with Crippen LogP contribution in [0.3, 0.4) is 0 Å². The second kappa shape index (κ2) is 8.13. The Kier molecular flexibility index (Phi) is 5.56. The maximum Gasteiger partial charge on any atom is 0.235 e. The molecule has 1 aromatic heterocycles. The molecule has 5 nitrogen and oxygen atoms in total. The zero-order chi connectivity index (χ0) is 20.5. The number of anilines is 1. The topological polar surface area (TPSA) is 56.2 Å². The number of aromatic nitrogens is 2. The number of fused-ring (bicyclic) bond motifs is 1. The quantitative estimate of drug-likeness (QED) is 0.606. The van der Waals surface area contributed by atoms with Crippen molar-refractivity contribution in [3.8, 4) is 11.4 Å². The first-order valence-corrected chi connectivity index (χ1v) is 10.9. The van der Waals surface area contributed by atoms with Crippen molar-refractivity contribution in [2.75, 3.05) is 11.1 Å². The predicted octanol–water partition coefficient (Wildman–Crippen LogP) is 5.40. The Balaban J connectivity index is 1.80. The largest absolute Gasteiger partial charge is 0.491 e. The molecule has 29 heavy (non-hydrogen) atoms. The lowest BCUT2D eigenvalue weighted by Crippen LogP contribution is -2.16. The Hall–Kier alpha value is -2.44. The SMILES string of the molecule is Cc1nn(-c2ccccc2Cl)c2c1C(c1ccc(OC(C)C)cc1)SCC(=O)N2. The number of nitrogens with zero attached hydrogens (tertiary/aromatic N) is 2. The Morgan fingerprint density at radius 1 is 1.21 bits per heavy atom. The number of hydrogen-bond donors (Lipinski definition) is 1. The van der Waals surface area contributed by atoms with E-state index in [0.717, 1.165) is 28.3 Å². The van der Waals surface area contributed by atoms with Crippen LogP contribution >= 0.6 is 23.4 Å². The molecular formula is C22H22ClN3O2S. The molecule has 1 unspecified atom stereocenters. The monoisotopic (exact) mass is 427 g/mol. The maximum atomic E-state index is 12.4. The molecular weight excluding hydrogens is 406 g/mol. The highest BCUT2D eigenvalue weighted by Crippen LogP contribution is 2.44. The van der Waals surface area contributed by atoms with Crippen molar-refractivity contribution >= 4 is 35.1 Å². The van der Waals surface area contributed by atoms with Crippen LogP contribution < -0.4 is 10.1 Å². The van der Waals surface area contributed by atoms with Gasteiger partial charge in [0.05, 0.1) is 33.5 Å². The Morgan fingerprint density at radius 2 is 1.93 bits per heavy atom. The zero-order valence-electron chi connectivity index (χ0n) is 16.5. The van der Waals surface area contributed by atoms with Crippen LogP contribution in [0.15, 0.2) is 48.5 Å². The van der Waals surface area contributed by atoms with Crippen LogP contribution in [-0.4, -0.2) is 27.5 Å². The van der Waals surface area contributed by atoms with Crippen LogP contribution in [0.1, 0.15) is 35.9 Å². The summed E-state index contributed by atoms with van der Waals surface area (Å²) in [7, 11) is 0. The second-order valence-electron chi connectivity index (χ2n) is 7.19. The number of carbonyl (C=O) groups is 1. The van der Waals surface area contributed by atoms with Crippen LogP contribution in [0.25, 0.3) is 5.69 Å². The van der Waals surface area contributed by atoms with E-state index in [2.05, 4.69) is 17.4 Å². The first-order valence-electron chi connectivity index (χ1n) is 9.46. The molecule has 7 heteroatoms. The molecule has 3 aromatic rings. The van der Waals surface area contributed by atoms with E-state index in [1.165, 1.54) is 0 Å². The Labute approximate surface area is 179 Å². The average molecular weight is 428 g/mol. The second-order valence-corrected chi connectivity index (χ2v) is 8.69. The van der Waals surface area contributed by atoms with Crippen molar-refractivity contribution < 1.29 is 9.53 Å². The fourth-order valence-electron chi connectivity index (χ4n) is 3.44. The van der Waals surface area contributed by atoms with Crippen molar-refractivity contribution in [1.82, 2.24) is 9.78 Å². The van der Waals surface area contributed by atoms with Crippen LogP contribution in [0.5, 0.6) is 5.75 Å². The third kappa shape index (κ3) is 4.00. The van der Waals surface area contributed by atoms with Crippen molar-refractivity contribution in [1.29, 1.82) is 0 Å². The maximum absolute atomic E-state index is 12.4. The third-order valence-electron chi connectivity index (χ3n) is 4.64. The number of amides is 1. The first-order chi connectivity index (χ1) is 13.9. The molecule has 4 rings (SSSR count). The highest BCUT2D eigenvalue weighted by Gasteiger charge is 2.31. The van der Waals surface area contributed by atoms with E-state index in [1.54, 1.807) is 16.4 Å². The molecule has 0 fully saturated rings.